The SMILES string of the molecule is CN(C)CCN(C)c1nc(N)c2c(n1)CC(c1ccc(C(F)(F)F)c(Cl)c1)N(c1ncccc1C(F)(F)F)CC2. The van der Waals surface area contributed by atoms with Gasteiger partial charge in [0.1, 0.15) is 11.6 Å². The molecule has 1 aliphatic rings. The number of aromatic nitrogens is 3. The van der Waals surface area contributed by atoms with Crippen LogP contribution in [0.3, 0.4) is 0 Å². The largest absolute Gasteiger partial charge is 0.419 e. The number of benzene rings is 1. The zero-order valence-corrected chi connectivity index (χ0v) is 22.7. The number of fused-ring (bicyclic) bond motifs is 1. The van der Waals surface area contributed by atoms with E-state index in [4.69, 9.17) is 22.3 Å². The summed E-state index contributed by atoms with van der Waals surface area (Å²) in [6.07, 6.45) is -7.94. The Labute approximate surface area is 232 Å². The summed E-state index contributed by atoms with van der Waals surface area (Å²) in [6, 6.07) is 4.41. The number of nitrogens with two attached hydrogens (primary N) is 1. The van der Waals surface area contributed by atoms with Crippen molar-refractivity contribution in [3.63, 3.8) is 0 Å². The van der Waals surface area contributed by atoms with Crippen molar-refractivity contribution in [2.75, 3.05) is 56.3 Å². The molecule has 1 aromatic carbocycles. The average Bonchev–Trinajstić information content (AvgIpc) is 3.06. The molecule has 1 unspecified atom stereocenters. The van der Waals surface area contributed by atoms with Gasteiger partial charge in [-0.25, -0.2) is 9.97 Å². The Morgan fingerprint density at radius 1 is 1.00 bits per heavy atom. The van der Waals surface area contributed by atoms with Gasteiger partial charge in [0, 0.05) is 44.9 Å². The van der Waals surface area contributed by atoms with Crippen LogP contribution in [-0.4, -0.2) is 60.6 Å². The predicted octanol–water partition coefficient (Wildman–Crippen LogP) is 5.49. The summed E-state index contributed by atoms with van der Waals surface area (Å²) in [5.41, 5.74) is 5.66. The van der Waals surface area contributed by atoms with Crippen LogP contribution in [-0.2, 0) is 25.2 Å². The number of halogens is 7. The summed E-state index contributed by atoms with van der Waals surface area (Å²) in [7, 11) is 5.63. The maximum Gasteiger partial charge on any atom is 0.419 e. The van der Waals surface area contributed by atoms with Gasteiger partial charge in [0.05, 0.1) is 27.9 Å². The van der Waals surface area contributed by atoms with Gasteiger partial charge in [0.2, 0.25) is 5.95 Å². The molecular formula is C26H28ClF6N7. The topological polar surface area (TPSA) is 74.4 Å². The van der Waals surface area contributed by atoms with Crippen molar-refractivity contribution in [3.05, 3.63) is 69.5 Å². The molecule has 1 aliphatic heterocycles. The Kier molecular flexibility index (Phi) is 8.36. The van der Waals surface area contributed by atoms with Crippen LogP contribution in [0.15, 0.2) is 36.5 Å². The van der Waals surface area contributed by atoms with Crippen LogP contribution in [0.25, 0.3) is 0 Å². The van der Waals surface area contributed by atoms with Gasteiger partial charge in [-0.1, -0.05) is 17.7 Å². The van der Waals surface area contributed by atoms with E-state index in [0.29, 0.717) is 30.3 Å². The third-order valence-corrected chi connectivity index (χ3v) is 7.06. The highest BCUT2D eigenvalue weighted by atomic mass is 35.5. The molecule has 2 N–H and O–H groups in total. The molecule has 1 atom stereocenters. The highest BCUT2D eigenvalue weighted by Crippen LogP contribution is 2.42. The van der Waals surface area contributed by atoms with Crippen molar-refractivity contribution in [1.29, 1.82) is 0 Å². The number of pyridine rings is 1. The normalized spacial score (nSPS) is 16.2. The van der Waals surface area contributed by atoms with Crippen molar-refractivity contribution in [1.82, 2.24) is 19.9 Å². The number of anilines is 3. The maximum absolute atomic E-state index is 14.0. The van der Waals surface area contributed by atoms with Crippen molar-refractivity contribution in [3.8, 4) is 0 Å². The van der Waals surface area contributed by atoms with Gasteiger partial charge in [-0.2, -0.15) is 31.3 Å². The number of hydrogen-bond donors (Lipinski definition) is 1. The monoisotopic (exact) mass is 587 g/mol. The lowest BCUT2D eigenvalue weighted by Gasteiger charge is -2.33. The molecule has 0 saturated heterocycles. The van der Waals surface area contributed by atoms with Gasteiger partial charge in [-0.15, -0.1) is 0 Å². The number of alkyl halides is 6. The fourth-order valence-corrected chi connectivity index (χ4v) is 4.94. The summed E-state index contributed by atoms with van der Waals surface area (Å²) in [5.74, 6) is 0.183. The van der Waals surface area contributed by atoms with Crippen LogP contribution in [0.5, 0.6) is 0 Å². The first kappa shape index (κ1) is 29.7. The molecule has 0 spiro atoms. The summed E-state index contributed by atoms with van der Waals surface area (Å²) in [6.45, 7) is 1.31. The summed E-state index contributed by atoms with van der Waals surface area (Å²) < 4.78 is 82.3. The van der Waals surface area contributed by atoms with Crippen LogP contribution in [0.2, 0.25) is 5.02 Å². The Morgan fingerprint density at radius 3 is 2.33 bits per heavy atom. The van der Waals surface area contributed by atoms with Gasteiger partial charge in [0.15, 0.2) is 0 Å². The fourth-order valence-electron chi connectivity index (χ4n) is 4.65. The molecule has 216 valence electrons. The number of rotatable bonds is 6. The van der Waals surface area contributed by atoms with Gasteiger partial charge in [-0.05, 0) is 50.3 Å². The molecule has 2 aromatic heterocycles. The first-order valence-corrected chi connectivity index (χ1v) is 12.7. The molecule has 0 fully saturated rings. The lowest BCUT2D eigenvalue weighted by molar-refractivity contribution is -0.138. The van der Waals surface area contributed by atoms with Crippen LogP contribution < -0.4 is 15.5 Å². The number of hydrogen-bond acceptors (Lipinski definition) is 7. The van der Waals surface area contributed by atoms with Crippen LogP contribution in [0.4, 0.5) is 43.9 Å². The molecule has 0 bridgehead atoms. The van der Waals surface area contributed by atoms with E-state index in [0.717, 1.165) is 18.2 Å². The Bertz CT molecular complexity index is 1360. The van der Waals surface area contributed by atoms with Gasteiger partial charge in [-0.3, -0.25) is 0 Å². The van der Waals surface area contributed by atoms with E-state index >= 15 is 0 Å². The highest BCUT2D eigenvalue weighted by molar-refractivity contribution is 6.31. The van der Waals surface area contributed by atoms with Gasteiger partial charge < -0.3 is 20.4 Å². The molecule has 0 aliphatic carbocycles. The molecule has 3 heterocycles. The third-order valence-electron chi connectivity index (χ3n) is 6.75. The summed E-state index contributed by atoms with van der Waals surface area (Å²) in [4.78, 5) is 18.4. The molecule has 3 aromatic rings. The highest BCUT2D eigenvalue weighted by Gasteiger charge is 2.39. The molecule has 14 heteroatoms. The van der Waals surface area contributed by atoms with E-state index < -0.39 is 34.5 Å². The van der Waals surface area contributed by atoms with Crippen molar-refractivity contribution < 1.29 is 26.3 Å². The number of nitrogen functional groups attached to an aromatic ring is 1. The minimum Gasteiger partial charge on any atom is -0.383 e. The Hall–Kier alpha value is -3.32. The standard InChI is InChI=1S/C26H28ClF6N7/c1-38(2)11-12-39(3)24-36-20-14-21(15-6-7-17(19(27)13-15)25(28,29)30)40(10-8-16(20)22(34)37-24)23-18(26(31,32)33)5-4-9-35-23/h4-7,9,13,21H,8,10-12,14H2,1-3H3,(H2,34,36,37). The molecule has 40 heavy (non-hydrogen) atoms. The summed E-state index contributed by atoms with van der Waals surface area (Å²) in [5, 5.41) is -0.558. The van der Waals surface area contributed by atoms with Crippen LogP contribution in [0.1, 0.15) is 34.0 Å². The quantitative estimate of drug-likeness (QED) is 0.382. The Balaban J connectivity index is 1.84. The molecule has 0 saturated carbocycles. The first-order valence-electron chi connectivity index (χ1n) is 12.3. The lowest BCUT2D eigenvalue weighted by atomic mass is 9.98. The fraction of sp³-hybridized carbons (Fsp3) is 0.423. The van der Waals surface area contributed by atoms with E-state index in [1.165, 1.54) is 23.2 Å². The smallest absolute Gasteiger partial charge is 0.383 e. The van der Waals surface area contributed by atoms with E-state index in [-0.39, 0.29) is 36.6 Å². The number of nitrogens with zero attached hydrogens (tertiary/aromatic N) is 6. The van der Waals surface area contributed by atoms with Crippen LogP contribution >= 0.6 is 11.6 Å². The minimum absolute atomic E-state index is 0.0276. The van der Waals surface area contributed by atoms with E-state index in [9.17, 15) is 26.3 Å². The second-order valence-electron chi connectivity index (χ2n) is 9.83. The average molecular weight is 588 g/mol. The van der Waals surface area contributed by atoms with E-state index in [1.807, 2.05) is 23.9 Å². The zero-order chi connectivity index (χ0) is 29.4. The van der Waals surface area contributed by atoms with Crippen molar-refractivity contribution >= 4 is 29.2 Å². The molecule has 7 nitrogen and oxygen atoms in total. The first-order chi connectivity index (χ1) is 18.7. The van der Waals surface area contributed by atoms with Crippen molar-refractivity contribution in [2.45, 2.75) is 31.2 Å². The summed E-state index contributed by atoms with van der Waals surface area (Å²) >= 11 is 6.03. The van der Waals surface area contributed by atoms with E-state index in [2.05, 4.69) is 9.97 Å². The van der Waals surface area contributed by atoms with Crippen molar-refractivity contribution in [2.24, 2.45) is 0 Å². The maximum atomic E-state index is 14.0. The molecule has 0 radical (unpaired) electrons. The second kappa shape index (κ2) is 11.3. The van der Waals surface area contributed by atoms with Gasteiger partial charge in [0.25, 0.3) is 0 Å². The van der Waals surface area contributed by atoms with Gasteiger partial charge >= 0.3 is 12.4 Å². The zero-order valence-electron chi connectivity index (χ0n) is 22.0. The van der Waals surface area contributed by atoms with Crippen LogP contribution in [0, 0.1) is 0 Å². The minimum atomic E-state index is -4.72. The molecule has 0 amide bonds. The van der Waals surface area contributed by atoms with E-state index in [1.54, 1.807) is 7.05 Å². The third kappa shape index (κ3) is 6.35. The lowest BCUT2D eigenvalue weighted by Crippen LogP contribution is -2.33. The predicted molar refractivity (Wildman–Crippen MR) is 141 cm³/mol. The molecule has 4 rings (SSSR count). The number of likely N-dealkylation sites (N-methyl/N-ethyl adjacent to an activating group) is 2. The Morgan fingerprint density at radius 2 is 1.70 bits per heavy atom. The second-order valence-corrected chi connectivity index (χ2v) is 10.2. The molecular weight excluding hydrogens is 560 g/mol.